The van der Waals surface area contributed by atoms with E-state index in [0.717, 1.165) is 6.42 Å². The second-order valence-electron chi connectivity index (χ2n) is 5.02. The van der Waals surface area contributed by atoms with Crippen LogP contribution < -0.4 is 5.32 Å². The Kier molecular flexibility index (Phi) is 2.44. The number of nitrogens with zero attached hydrogens (tertiary/aromatic N) is 1. The van der Waals surface area contributed by atoms with Crippen molar-refractivity contribution in [1.29, 1.82) is 0 Å². The summed E-state index contributed by atoms with van der Waals surface area (Å²) < 4.78 is 0. The first-order chi connectivity index (χ1) is 8.22. The summed E-state index contributed by atoms with van der Waals surface area (Å²) in [7, 11) is 2.06. The van der Waals surface area contributed by atoms with E-state index in [1.54, 1.807) is 0 Å². The maximum absolute atomic E-state index is 11.9. The van der Waals surface area contributed by atoms with E-state index in [9.17, 15) is 4.79 Å². The third-order valence-corrected chi connectivity index (χ3v) is 4.17. The van der Waals surface area contributed by atoms with Crippen molar-refractivity contribution >= 4 is 11.5 Å². The lowest BCUT2D eigenvalue weighted by Crippen LogP contribution is -2.40. The van der Waals surface area contributed by atoms with Crippen LogP contribution in [0.5, 0.6) is 0 Å². The number of hydrogen-bond donors (Lipinski definition) is 1. The van der Waals surface area contributed by atoms with Gasteiger partial charge in [-0.2, -0.15) is 0 Å². The number of anilines is 1. The third-order valence-electron chi connectivity index (χ3n) is 4.17. The number of para-hydroxylation sites is 1. The first-order valence-electron chi connectivity index (χ1n) is 6.32. The van der Waals surface area contributed by atoms with Crippen molar-refractivity contribution in [3.8, 4) is 0 Å². The fraction of sp³-hybridized carbons (Fsp3) is 0.500. The Bertz CT molecular complexity index is 457. The third kappa shape index (κ3) is 1.49. The van der Waals surface area contributed by atoms with E-state index in [4.69, 9.17) is 0 Å². The number of benzene rings is 1. The number of rotatable bonds is 2. The summed E-state index contributed by atoms with van der Waals surface area (Å²) in [6, 6.07) is 8.54. The zero-order valence-corrected chi connectivity index (χ0v) is 10.3. The van der Waals surface area contributed by atoms with Gasteiger partial charge in [0.1, 0.15) is 5.78 Å². The smallest absolute Gasteiger partial charge is 0.149 e. The van der Waals surface area contributed by atoms with Gasteiger partial charge in [-0.3, -0.25) is 9.69 Å². The molecule has 0 spiro atoms. The summed E-state index contributed by atoms with van der Waals surface area (Å²) in [5.41, 5.74) is 2.60. The number of hydrogen-bond acceptors (Lipinski definition) is 3. The Balaban J connectivity index is 1.90. The van der Waals surface area contributed by atoms with E-state index >= 15 is 0 Å². The van der Waals surface area contributed by atoms with Crippen molar-refractivity contribution in [3.05, 3.63) is 29.8 Å². The largest absolute Gasteiger partial charge is 0.369 e. The molecule has 1 saturated heterocycles. The van der Waals surface area contributed by atoms with Crippen LogP contribution in [0.4, 0.5) is 5.69 Å². The minimum Gasteiger partial charge on any atom is -0.369 e. The van der Waals surface area contributed by atoms with Crippen LogP contribution >= 0.6 is 0 Å². The molecule has 1 N–H and O–H groups in total. The number of likely N-dealkylation sites (tertiary alicyclic amines) is 1. The molecule has 17 heavy (non-hydrogen) atoms. The van der Waals surface area contributed by atoms with Crippen molar-refractivity contribution < 1.29 is 4.79 Å². The van der Waals surface area contributed by atoms with Crippen LogP contribution in [0.25, 0.3) is 0 Å². The number of nitrogens with one attached hydrogen (secondary N) is 1. The highest BCUT2D eigenvalue weighted by Gasteiger charge is 2.46. The molecule has 0 amide bonds. The standard InChI is InChI=1S/C14H18N2O/c1-3-13(17)12-8-10-9-6-4-5-7-11(9)15-14(10)16(12)2/h4-7,10,12,14-15H,3,8H2,1-2H3. The van der Waals surface area contributed by atoms with E-state index in [0.29, 0.717) is 24.3 Å². The van der Waals surface area contributed by atoms with Crippen molar-refractivity contribution in [2.75, 3.05) is 12.4 Å². The average molecular weight is 230 g/mol. The molecule has 0 saturated carbocycles. The molecule has 3 atom stereocenters. The van der Waals surface area contributed by atoms with E-state index in [-0.39, 0.29) is 6.04 Å². The molecule has 3 unspecified atom stereocenters. The Labute approximate surface area is 102 Å². The van der Waals surface area contributed by atoms with Gasteiger partial charge in [0, 0.05) is 18.0 Å². The normalized spacial score (nSPS) is 30.8. The zero-order valence-electron chi connectivity index (χ0n) is 10.3. The highest BCUT2D eigenvalue weighted by Crippen LogP contribution is 2.45. The maximum atomic E-state index is 11.9. The molecule has 90 valence electrons. The van der Waals surface area contributed by atoms with Crippen molar-refractivity contribution in [2.24, 2.45) is 0 Å². The SMILES string of the molecule is CCC(=O)C1CC2c3ccccc3NC2N1C. The molecule has 1 aromatic rings. The molecule has 1 fully saturated rings. The van der Waals surface area contributed by atoms with Gasteiger partial charge >= 0.3 is 0 Å². The van der Waals surface area contributed by atoms with Gasteiger partial charge < -0.3 is 5.32 Å². The lowest BCUT2D eigenvalue weighted by atomic mass is 9.95. The summed E-state index contributed by atoms with van der Waals surface area (Å²) in [5, 5.41) is 3.53. The fourth-order valence-electron chi connectivity index (χ4n) is 3.22. The second-order valence-corrected chi connectivity index (χ2v) is 5.02. The number of ketones is 1. The molecule has 3 nitrogen and oxygen atoms in total. The van der Waals surface area contributed by atoms with E-state index in [1.807, 2.05) is 6.92 Å². The van der Waals surface area contributed by atoms with Crippen molar-refractivity contribution in [1.82, 2.24) is 4.90 Å². The minimum absolute atomic E-state index is 0.0934. The first kappa shape index (κ1) is 10.8. The van der Waals surface area contributed by atoms with Gasteiger partial charge in [0.15, 0.2) is 0 Å². The Morgan fingerprint density at radius 2 is 2.24 bits per heavy atom. The zero-order chi connectivity index (χ0) is 12.0. The quantitative estimate of drug-likeness (QED) is 0.845. The molecule has 3 rings (SSSR count). The van der Waals surface area contributed by atoms with Crippen LogP contribution in [-0.4, -0.2) is 29.9 Å². The number of likely N-dealkylation sites (N-methyl/N-ethyl adjacent to an activating group) is 1. The monoisotopic (exact) mass is 230 g/mol. The van der Waals surface area contributed by atoms with Crippen LogP contribution in [0.1, 0.15) is 31.2 Å². The van der Waals surface area contributed by atoms with E-state index in [1.165, 1.54) is 11.3 Å². The van der Waals surface area contributed by atoms with Crippen LogP contribution in [0.15, 0.2) is 24.3 Å². The van der Waals surface area contributed by atoms with Crippen LogP contribution in [-0.2, 0) is 4.79 Å². The highest BCUT2D eigenvalue weighted by atomic mass is 16.1. The van der Waals surface area contributed by atoms with Crippen LogP contribution in [0.2, 0.25) is 0 Å². The molecule has 3 heteroatoms. The molecule has 0 radical (unpaired) electrons. The lowest BCUT2D eigenvalue weighted by molar-refractivity contribution is -0.122. The number of Topliss-reactive ketones (excluding diaryl/α,β-unsaturated/α-hetero) is 1. The lowest BCUT2D eigenvalue weighted by Gasteiger charge is -2.24. The molecule has 2 aliphatic rings. The van der Waals surface area contributed by atoms with Crippen LogP contribution in [0, 0.1) is 0 Å². The summed E-state index contributed by atoms with van der Waals surface area (Å²) in [6.07, 6.45) is 1.89. The predicted molar refractivity (Wildman–Crippen MR) is 68.1 cm³/mol. The van der Waals surface area contributed by atoms with Gasteiger partial charge in [-0.1, -0.05) is 25.1 Å². The van der Waals surface area contributed by atoms with Gasteiger partial charge in [0.25, 0.3) is 0 Å². The summed E-state index contributed by atoms with van der Waals surface area (Å²) >= 11 is 0. The highest BCUT2D eigenvalue weighted by molar-refractivity contribution is 5.84. The fourth-order valence-corrected chi connectivity index (χ4v) is 3.22. The average Bonchev–Trinajstić information content (AvgIpc) is 2.86. The molecule has 1 aromatic carbocycles. The molecule has 0 aromatic heterocycles. The van der Waals surface area contributed by atoms with Gasteiger partial charge in [0.2, 0.25) is 0 Å². The Morgan fingerprint density at radius 3 is 3.00 bits per heavy atom. The van der Waals surface area contributed by atoms with E-state index in [2.05, 4.69) is 41.5 Å². The predicted octanol–water partition coefficient (Wildman–Crippen LogP) is 2.21. The molecule has 2 aliphatic heterocycles. The van der Waals surface area contributed by atoms with Gasteiger partial charge in [-0.15, -0.1) is 0 Å². The van der Waals surface area contributed by atoms with Crippen molar-refractivity contribution in [3.63, 3.8) is 0 Å². The van der Waals surface area contributed by atoms with E-state index < -0.39 is 0 Å². The molecule has 0 bridgehead atoms. The summed E-state index contributed by atoms with van der Waals surface area (Å²) in [6.45, 7) is 1.95. The Hall–Kier alpha value is -1.35. The van der Waals surface area contributed by atoms with Crippen molar-refractivity contribution in [2.45, 2.75) is 37.9 Å². The van der Waals surface area contributed by atoms with Gasteiger partial charge in [0.05, 0.1) is 12.2 Å². The maximum Gasteiger partial charge on any atom is 0.149 e. The number of fused-ring (bicyclic) bond motifs is 3. The summed E-state index contributed by atoms with van der Waals surface area (Å²) in [5.74, 6) is 0.831. The molecular weight excluding hydrogens is 212 g/mol. The Morgan fingerprint density at radius 1 is 1.47 bits per heavy atom. The second kappa shape index (κ2) is 3.84. The number of carbonyl (C=O) groups is 1. The van der Waals surface area contributed by atoms with Gasteiger partial charge in [-0.25, -0.2) is 0 Å². The first-order valence-corrected chi connectivity index (χ1v) is 6.32. The molecular formula is C14H18N2O. The van der Waals surface area contributed by atoms with Crippen LogP contribution in [0.3, 0.4) is 0 Å². The van der Waals surface area contributed by atoms with Gasteiger partial charge in [-0.05, 0) is 25.1 Å². The molecule has 2 heterocycles. The number of carbonyl (C=O) groups excluding carboxylic acids is 1. The summed E-state index contributed by atoms with van der Waals surface area (Å²) in [4.78, 5) is 14.1. The topological polar surface area (TPSA) is 32.3 Å². The minimum atomic E-state index is 0.0934. The molecule has 0 aliphatic carbocycles.